The molecule has 2 atom stereocenters. The number of aliphatic hydroxyl groups is 1. The van der Waals surface area contributed by atoms with Crippen LogP contribution in [0.5, 0.6) is 0 Å². The molecule has 1 aliphatic carbocycles. The van der Waals surface area contributed by atoms with Crippen molar-refractivity contribution in [2.75, 3.05) is 22.9 Å². The Hall–Kier alpha value is -2.48. The van der Waals surface area contributed by atoms with Gasteiger partial charge in [0.15, 0.2) is 0 Å². The molecule has 4 rings (SSSR count). The molecule has 8 heteroatoms. The predicted octanol–water partition coefficient (Wildman–Crippen LogP) is 2.24. The van der Waals surface area contributed by atoms with Crippen LogP contribution in [0.4, 0.5) is 17.1 Å². The lowest BCUT2D eigenvalue weighted by Gasteiger charge is -2.31. The van der Waals surface area contributed by atoms with E-state index in [4.69, 9.17) is 0 Å². The van der Waals surface area contributed by atoms with Crippen molar-refractivity contribution in [2.24, 2.45) is 11.8 Å². The molecule has 2 saturated heterocycles. The standard InChI is InChI=1S/C19H23N3O5/c23-13-7-9-20(10-8-13)16-6-5-12(11-17(16)22(26)27)21-18(24)14-3-1-2-4-15(14)19(21)25/h5-6,11,13-15,23H,1-4,7-10H2/t14-,15+. The summed E-state index contributed by atoms with van der Waals surface area (Å²) in [5.41, 5.74) is 0.637. The Morgan fingerprint density at radius 3 is 2.15 bits per heavy atom. The summed E-state index contributed by atoms with van der Waals surface area (Å²) in [6, 6.07) is 4.59. The van der Waals surface area contributed by atoms with Gasteiger partial charge in [-0.1, -0.05) is 12.8 Å². The maximum absolute atomic E-state index is 12.8. The third-order valence-electron chi connectivity index (χ3n) is 6.06. The van der Waals surface area contributed by atoms with E-state index in [0.29, 0.717) is 44.5 Å². The quantitative estimate of drug-likeness (QED) is 0.495. The largest absolute Gasteiger partial charge is 0.393 e. The van der Waals surface area contributed by atoms with Crippen LogP contribution in [-0.2, 0) is 9.59 Å². The number of benzene rings is 1. The smallest absolute Gasteiger partial charge is 0.294 e. The minimum atomic E-state index is -0.470. The number of nitro groups is 1. The van der Waals surface area contributed by atoms with Gasteiger partial charge >= 0.3 is 0 Å². The van der Waals surface area contributed by atoms with E-state index >= 15 is 0 Å². The molecule has 2 heterocycles. The topological polar surface area (TPSA) is 104 Å². The highest BCUT2D eigenvalue weighted by atomic mass is 16.6. The van der Waals surface area contributed by atoms with Crippen LogP contribution in [0, 0.1) is 22.0 Å². The number of nitrogens with zero attached hydrogens (tertiary/aromatic N) is 3. The lowest BCUT2D eigenvalue weighted by molar-refractivity contribution is -0.384. The van der Waals surface area contributed by atoms with E-state index in [9.17, 15) is 24.8 Å². The molecule has 1 saturated carbocycles. The molecule has 0 aromatic heterocycles. The number of amides is 2. The Balaban J connectivity index is 1.66. The average molecular weight is 373 g/mol. The number of hydrogen-bond donors (Lipinski definition) is 1. The van der Waals surface area contributed by atoms with Crippen molar-refractivity contribution in [2.45, 2.75) is 44.6 Å². The summed E-state index contributed by atoms with van der Waals surface area (Å²) in [5.74, 6) is -1.03. The van der Waals surface area contributed by atoms with Crippen molar-refractivity contribution in [1.29, 1.82) is 0 Å². The molecule has 0 radical (unpaired) electrons. The van der Waals surface area contributed by atoms with E-state index < -0.39 is 4.92 Å². The van der Waals surface area contributed by atoms with E-state index in [-0.39, 0.29) is 41.1 Å². The molecule has 0 spiro atoms. The number of carbonyl (C=O) groups is 2. The minimum absolute atomic E-state index is 0.112. The van der Waals surface area contributed by atoms with Gasteiger partial charge in [0.2, 0.25) is 11.8 Å². The first-order chi connectivity index (χ1) is 13.0. The molecule has 1 aromatic rings. The molecule has 3 aliphatic rings. The van der Waals surface area contributed by atoms with E-state index in [2.05, 4.69) is 0 Å². The lowest BCUT2D eigenvalue weighted by atomic mass is 9.81. The summed E-state index contributed by atoms with van der Waals surface area (Å²) in [5, 5.41) is 21.3. The predicted molar refractivity (Wildman–Crippen MR) is 98.5 cm³/mol. The molecule has 3 fully saturated rings. The number of nitro benzene ring substituents is 1. The van der Waals surface area contributed by atoms with Crippen LogP contribution in [0.25, 0.3) is 0 Å². The van der Waals surface area contributed by atoms with Gasteiger partial charge in [0.25, 0.3) is 5.69 Å². The van der Waals surface area contributed by atoms with E-state index in [0.717, 1.165) is 17.7 Å². The van der Waals surface area contributed by atoms with Crippen LogP contribution in [-0.4, -0.2) is 41.0 Å². The van der Waals surface area contributed by atoms with Gasteiger partial charge < -0.3 is 10.0 Å². The SMILES string of the molecule is O=C1[C@H]2CCCC[C@H]2C(=O)N1c1ccc(N2CCC(O)CC2)c([N+](=O)[O-])c1. The maximum atomic E-state index is 12.8. The van der Waals surface area contributed by atoms with Crippen molar-refractivity contribution >= 4 is 28.9 Å². The molecular formula is C19H23N3O5. The number of carbonyl (C=O) groups excluding carboxylic acids is 2. The Morgan fingerprint density at radius 2 is 1.59 bits per heavy atom. The zero-order chi connectivity index (χ0) is 19.1. The summed E-state index contributed by atoms with van der Waals surface area (Å²) in [7, 11) is 0. The molecule has 2 aliphatic heterocycles. The summed E-state index contributed by atoms with van der Waals surface area (Å²) in [4.78, 5) is 39.7. The molecule has 144 valence electrons. The average Bonchev–Trinajstić information content (AvgIpc) is 2.93. The first kappa shape index (κ1) is 17.9. The van der Waals surface area contributed by atoms with Gasteiger partial charge in [0.05, 0.1) is 28.6 Å². The van der Waals surface area contributed by atoms with Crippen LogP contribution in [0.3, 0.4) is 0 Å². The van der Waals surface area contributed by atoms with E-state index in [1.165, 1.54) is 6.07 Å². The number of aliphatic hydroxyl groups excluding tert-OH is 1. The molecule has 2 amide bonds. The molecule has 1 aromatic carbocycles. The van der Waals surface area contributed by atoms with Crippen molar-refractivity contribution in [3.8, 4) is 0 Å². The summed E-state index contributed by atoms with van der Waals surface area (Å²) in [6.07, 6.45) is 4.05. The lowest BCUT2D eigenvalue weighted by Crippen LogP contribution is -2.36. The minimum Gasteiger partial charge on any atom is -0.393 e. The zero-order valence-corrected chi connectivity index (χ0v) is 15.0. The van der Waals surface area contributed by atoms with E-state index in [1.807, 2.05) is 4.90 Å². The Labute approximate surface area is 156 Å². The highest BCUT2D eigenvalue weighted by Crippen LogP contribution is 2.42. The fourth-order valence-electron chi connectivity index (χ4n) is 4.59. The summed E-state index contributed by atoms with van der Waals surface area (Å²) < 4.78 is 0. The molecular weight excluding hydrogens is 350 g/mol. The number of hydrogen-bond acceptors (Lipinski definition) is 6. The highest BCUT2D eigenvalue weighted by molar-refractivity contribution is 6.22. The number of rotatable bonds is 3. The number of anilines is 2. The molecule has 27 heavy (non-hydrogen) atoms. The second-order valence-corrected chi connectivity index (χ2v) is 7.66. The Morgan fingerprint density at radius 1 is 1.00 bits per heavy atom. The third-order valence-corrected chi connectivity index (χ3v) is 6.06. The third kappa shape index (κ3) is 3.07. The van der Waals surface area contributed by atoms with Crippen molar-refractivity contribution in [3.63, 3.8) is 0 Å². The highest BCUT2D eigenvalue weighted by Gasteiger charge is 2.49. The van der Waals surface area contributed by atoms with Gasteiger partial charge in [0, 0.05) is 19.2 Å². The normalized spacial score (nSPS) is 26.4. The van der Waals surface area contributed by atoms with Gasteiger partial charge in [-0.2, -0.15) is 0 Å². The van der Waals surface area contributed by atoms with Gasteiger partial charge in [-0.25, -0.2) is 4.90 Å². The maximum Gasteiger partial charge on any atom is 0.294 e. The Bertz CT molecular complexity index is 764. The zero-order valence-electron chi connectivity index (χ0n) is 15.0. The number of fused-ring (bicyclic) bond motifs is 1. The summed E-state index contributed by atoms with van der Waals surface area (Å²) >= 11 is 0. The van der Waals surface area contributed by atoms with Gasteiger partial charge in [-0.3, -0.25) is 19.7 Å². The van der Waals surface area contributed by atoms with Gasteiger partial charge in [-0.05, 0) is 37.8 Å². The first-order valence-electron chi connectivity index (χ1n) is 9.56. The number of piperidine rings is 1. The summed E-state index contributed by atoms with van der Waals surface area (Å²) in [6.45, 7) is 1.07. The molecule has 0 bridgehead atoms. The van der Waals surface area contributed by atoms with Gasteiger partial charge in [0.1, 0.15) is 5.69 Å². The van der Waals surface area contributed by atoms with Crippen LogP contribution >= 0.6 is 0 Å². The second-order valence-electron chi connectivity index (χ2n) is 7.66. The fraction of sp³-hybridized carbons (Fsp3) is 0.579. The van der Waals surface area contributed by atoms with Crippen molar-refractivity contribution in [1.82, 2.24) is 0 Å². The van der Waals surface area contributed by atoms with Gasteiger partial charge in [-0.15, -0.1) is 0 Å². The first-order valence-corrected chi connectivity index (χ1v) is 9.56. The van der Waals surface area contributed by atoms with Crippen molar-refractivity contribution < 1.29 is 19.6 Å². The molecule has 0 unspecified atom stereocenters. The van der Waals surface area contributed by atoms with E-state index in [1.54, 1.807) is 12.1 Å². The second kappa shape index (κ2) is 6.92. The van der Waals surface area contributed by atoms with Crippen LogP contribution in [0.2, 0.25) is 0 Å². The monoisotopic (exact) mass is 373 g/mol. The van der Waals surface area contributed by atoms with Crippen molar-refractivity contribution in [3.05, 3.63) is 28.3 Å². The van der Waals surface area contributed by atoms with Crippen LogP contribution < -0.4 is 9.80 Å². The molecule has 1 N–H and O–H groups in total. The number of imide groups is 1. The van der Waals surface area contributed by atoms with Crippen LogP contribution in [0.1, 0.15) is 38.5 Å². The molecule has 8 nitrogen and oxygen atoms in total. The Kier molecular flexibility index (Phi) is 4.59. The van der Waals surface area contributed by atoms with Crippen LogP contribution in [0.15, 0.2) is 18.2 Å². The fourth-order valence-corrected chi connectivity index (χ4v) is 4.59.